The van der Waals surface area contributed by atoms with Gasteiger partial charge in [-0.05, 0) is 58.9 Å². The monoisotopic (exact) mass is 496 g/mol. The van der Waals surface area contributed by atoms with Crippen molar-refractivity contribution in [2.24, 2.45) is 0 Å². The van der Waals surface area contributed by atoms with Gasteiger partial charge < -0.3 is 10.2 Å². The van der Waals surface area contributed by atoms with E-state index in [2.05, 4.69) is 130 Å². The molecule has 0 radical (unpaired) electrons. The SMILES string of the molecule is C=C/C=C\c1cc(C2=C(C=C)N/C(=C(/C(=C)c3ccccc3)c3ccccc3)N(C)/C2=C\CC)ccc1C. The van der Waals surface area contributed by atoms with Gasteiger partial charge in [0.25, 0.3) is 0 Å². The summed E-state index contributed by atoms with van der Waals surface area (Å²) in [5.41, 5.74) is 10.9. The molecule has 0 amide bonds. The summed E-state index contributed by atoms with van der Waals surface area (Å²) in [6.45, 7) is 16.9. The van der Waals surface area contributed by atoms with Gasteiger partial charge >= 0.3 is 0 Å². The first kappa shape index (κ1) is 26.5. The van der Waals surface area contributed by atoms with Gasteiger partial charge in [0.05, 0.1) is 0 Å². The molecule has 0 bridgehead atoms. The van der Waals surface area contributed by atoms with Gasteiger partial charge in [0.2, 0.25) is 0 Å². The maximum Gasteiger partial charge on any atom is 0.119 e. The van der Waals surface area contributed by atoms with Gasteiger partial charge in [0, 0.05) is 29.6 Å². The van der Waals surface area contributed by atoms with E-state index in [4.69, 9.17) is 0 Å². The molecule has 2 nitrogen and oxygen atoms in total. The lowest BCUT2D eigenvalue weighted by atomic mass is 9.90. The van der Waals surface area contributed by atoms with Gasteiger partial charge in [-0.25, -0.2) is 0 Å². The number of benzene rings is 3. The van der Waals surface area contributed by atoms with E-state index in [-0.39, 0.29) is 0 Å². The highest BCUT2D eigenvalue weighted by Crippen LogP contribution is 2.40. The Morgan fingerprint density at radius 1 is 0.921 bits per heavy atom. The lowest BCUT2D eigenvalue weighted by Crippen LogP contribution is -2.35. The molecule has 190 valence electrons. The normalized spacial score (nSPS) is 16.0. The highest BCUT2D eigenvalue weighted by molar-refractivity contribution is 6.05. The zero-order valence-electron chi connectivity index (χ0n) is 22.7. The Morgan fingerprint density at radius 2 is 1.58 bits per heavy atom. The second-order valence-electron chi connectivity index (χ2n) is 9.27. The second kappa shape index (κ2) is 12.1. The number of likely N-dealkylation sites (N-methyl/N-ethyl adjacent to an activating group) is 1. The summed E-state index contributed by atoms with van der Waals surface area (Å²) in [6, 6.07) is 27.4. The summed E-state index contributed by atoms with van der Waals surface area (Å²) in [6.07, 6.45) is 11.0. The van der Waals surface area contributed by atoms with Gasteiger partial charge in [-0.2, -0.15) is 0 Å². The molecular weight excluding hydrogens is 460 g/mol. The molecule has 4 rings (SSSR count). The minimum absolute atomic E-state index is 0.899. The zero-order valence-corrected chi connectivity index (χ0v) is 22.7. The fraction of sp³-hybridized carbons (Fsp3) is 0.111. The number of hydrogen-bond acceptors (Lipinski definition) is 2. The number of nitrogens with zero attached hydrogens (tertiary/aromatic N) is 1. The number of nitrogens with one attached hydrogen (secondary N) is 1. The molecule has 1 N–H and O–H groups in total. The highest BCUT2D eigenvalue weighted by atomic mass is 15.3. The fourth-order valence-corrected chi connectivity index (χ4v) is 4.81. The van der Waals surface area contributed by atoms with Crippen LogP contribution in [0.15, 0.2) is 140 Å². The van der Waals surface area contributed by atoms with Crippen molar-refractivity contribution in [3.05, 3.63) is 168 Å². The average Bonchev–Trinajstić information content (AvgIpc) is 2.95. The van der Waals surface area contributed by atoms with Crippen LogP contribution in [0.3, 0.4) is 0 Å². The zero-order chi connectivity index (χ0) is 27.1. The lowest BCUT2D eigenvalue weighted by Gasteiger charge is -2.37. The summed E-state index contributed by atoms with van der Waals surface area (Å²) in [5, 5.41) is 3.75. The van der Waals surface area contributed by atoms with E-state index in [1.807, 2.05) is 24.3 Å². The van der Waals surface area contributed by atoms with E-state index < -0.39 is 0 Å². The van der Waals surface area contributed by atoms with Gasteiger partial charge in [0.15, 0.2) is 0 Å². The lowest BCUT2D eigenvalue weighted by molar-refractivity contribution is 0.492. The first-order chi connectivity index (χ1) is 18.5. The average molecular weight is 497 g/mol. The van der Waals surface area contributed by atoms with Crippen LogP contribution in [-0.4, -0.2) is 11.9 Å². The molecule has 0 saturated carbocycles. The molecule has 0 aromatic heterocycles. The van der Waals surface area contributed by atoms with E-state index in [1.54, 1.807) is 6.08 Å². The predicted octanol–water partition coefficient (Wildman–Crippen LogP) is 9.00. The smallest absolute Gasteiger partial charge is 0.119 e. The third-order valence-corrected chi connectivity index (χ3v) is 6.78. The van der Waals surface area contributed by atoms with Crippen molar-refractivity contribution in [2.75, 3.05) is 7.05 Å². The summed E-state index contributed by atoms with van der Waals surface area (Å²) in [5.74, 6) is 0.974. The number of allylic oxidation sites excluding steroid dienone is 7. The van der Waals surface area contributed by atoms with Crippen molar-refractivity contribution in [1.82, 2.24) is 10.2 Å². The Morgan fingerprint density at radius 3 is 2.18 bits per heavy atom. The molecule has 0 saturated heterocycles. The Bertz CT molecular complexity index is 1460. The Labute approximate surface area is 228 Å². The van der Waals surface area contributed by atoms with Gasteiger partial charge in [0.1, 0.15) is 5.82 Å². The summed E-state index contributed by atoms with van der Waals surface area (Å²) < 4.78 is 0. The third kappa shape index (κ3) is 5.40. The van der Waals surface area contributed by atoms with E-state index in [1.165, 1.54) is 11.1 Å². The van der Waals surface area contributed by atoms with Crippen LogP contribution in [0.1, 0.15) is 41.2 Å². The maximum absolute atomic E-state index is 4.56. The second-order valence-corrected chi connectivity index (χ2v) is 9.27. The molecule has 3 aromatic carbocycles. The predicted molar refractivity (Wildman–Crippen MR) is 166 cm³/mol. The van der Waals surface area contributed by atoms with Gasteiger partial charge in [-0.3, -0.25) is 0 Å². The third-order valence-electron chi connectivity index (χ3n) is 6.78. The first-order valence-corrected chi connectivity index (χ1v) is 13.0. The fourth-order valence-electron chi connectivity index (χ4n) is 4.81. The van der Waals surface area contributed by atoms with E-state index in [0.717, 1.165) is 57.0 Å². The summed E-state index contributed by atoms with van der Waals surface area (Å²) in [7, 11) is 2.12. The molecule has 2 heteroatoms. The van der Waals surface area contributed by atoms with Gasteiger partial charge in [-0.15, -0.1) is 0 Å². The minimum atomic E-state index is 0.899. The largest absolute Gasteiger partial charge is 0.341 e. The van der Waals surface area contributed by atoms with Crippen molar-refractivity contribution in [3.63, 3.8) is 0 Å². The van der Waals surface area contributed by atoms with Gasteiger partial charge in [-0.1, -0.05) is 124 Å². The Balaban J connectivity index is 1.98. The molecule has 0 unspecified atom stereocenters. The van der Waals surface area contributed by atoms with Crippen LogP contribution in [0, 0.1) is 6.92 Å². The maximum atomic E-state index is 4.56. The van der Waals surface area contributed by atoms with Crippen LogP contribution < -0.4 is 5.32 Å². The Kier molecular flexibility index (Phi) is 8.45. The van der Waals surface area contributed by atoms with Crippen LogP contribution in [0.25, 0.3) is 22.8 Å². The van der Waals surface area contributed by atoms with Crippen molar-refractivity contribution >= 4 is 22.8 Å². The molecule has 0 atom stereocenters. The Hall–Kier alpha value is -4.56. The standard InChI is InChI=1S/C36H36N2/c1-7-10-18-30-25-31(24-23-26(30)4)35-32(9-3)37-36(38(6)33(35)17-8-2)34(29-21-15-12-16-22-29)27(5)28-19-13-11-14-20-28/h7,9-25,37H,1,3,5,8H2,2,4,6H3/b18-10-,33-17-,36-34+. The van der Waals surface area contributed by atoms with E-state index in [0.29, 0.717) is 0 Å². The molecule has 3 aromatic rings. The van der Waals surface area contributed by atoms with Crippen LogP contribution in [0.5, 0.6) is 0 Å². The van der Waals surface area contributed by atoms with Crippen molar-refractivity contribution in [3.8, 4) is 0 Å². The summed E-state index contributed by atoms with van der Waals surface area (Å²) >= 11 is 0. The van der Waals surface area contributed by atoms with Crippen molar-refractivity contribution < 1.29 is 0 Å². The van der Waals surface area contributed by atoms with Crippen LogP contribution in [-0.2, 0) is 0 Å². The van der Waals surface area contributed by atoms with Crippen LogP contribution in [0.2, 0.25) is 0 Å². The van der Waals surface area contributed by atoms with Crippen molar-refractivity contribution in [2.45, 2.75) is 20.3 Å². The molecule has 0 spiro atoms. The molecule has 0 aliphatic carbocycles. The topological polar surface area (TPSA) is 15.3 Å². The molecule has 38 heavy (non-hydrogen) atoms. The van der Waals surface area contributed by atoms with Crippen LogP contribution >= 0.6 is 0 Å². The van der Waals surface area contributed by atoms with Crippen LogP contribution in [0.4, 0.5) is 0 Å². The quantitative estimate of drug-likeness (QED) is 0.313. The van der Waals surface area contributed by atoms with E-state index >= 15 is 0 Å². The number of aryl methyl sites for hydroxylation is 1. The molecular formula is C36H36N2. The molecule has 0 fully saturated rings. The summed E-state index contributed by atoms with van der Waals surface area (Å²) in [4.78, 5) is 2.25. The van der Waals surface area contributed by atoms with E-state index in [9.17, 15) is 0 Å². The molecule has 1 aliphatic rings. The number of rotatable bonds is 8. The highest BCUT2D eigenvalue weighted by Gasteiger charge is 2.28. The molecule has 1 heterocycles. The van der Waals surface area contributed by atoms with Crippen molar-refractivity contribution in [1.29, 1.82) is 0 Å². The molecule has 1 aliphatic heterocycles. The number of hydrogen-bond donors (Lipinski definition) is 1. The minimum Gasteiger partial charge on any atom is -0.341 e. The first-order valence-electron chi connectivity index (χ1n) is 13.0.